The highest BCUT2D eigenvalue weighted by Crippen LogP contribution is 2.38. The molecule has 0 bridgehead atoms. The third kappa shape index (κ3) is 9.27. The number of hydrogen-bond acceptors (Lipinski definition) is 8. The van der Waals surface area contributed by atoms with Gasteiger partial charge in [-0.25, -0.2) is 16.8 Å². The number of nitrogens with zero attached hydrogens (tertiary/aromatic N) is 2. The van der Waals surface area contributed by atoms with Crippen LogP contribution in [0, 0.1) is 11.8 Å². The SMILES string of the molecule is CSCCC(NS(=O)(=O)c1ccc(N2CCC(CCCC3CCN(S(=O)(=O)c4cc(Br)c(Cl)s4)CC3)CC2)c(Cl)c1)C(=O)O. The van der Waals surface area contributed by atoms with Crippen molar-refractivity contribution in [3.63, 3.8) is 0 Å². The van der Waals surface area contributed by atoms with Crippen LogP contribution in [-0.2, 0) is 24.8 Å². The molecule has 0 radical (unpaired) electrons. The maximum atomic E-state index is 13.0. The number of aliphatic carboxylic acids is 1. The summed E-state index contributed by atoms with van der Waals surface area (Å²) >= 11 is 18.4. The van der Waals surface area contributed by atoms with E-state index in [2.05, 4.69) is 25.6 Å². The van der Waals surface area contributed by atoms with Gasteiger partial charge < -0.3 is 10.0 Å². The van der Waals surface area contributed by atoms with E-state index in [9.17, 15) is 26.7 Å². The summed E-state index contributed by atoms with van der Waals surface area (Å²) in [6.07, 6.45) is 9.13. The first kappa shape index (κ1) is 36.3. The van der Waals surface area contributed by atoms with Crippen LogP contribution in [0.3, 0.4) is 0 Å². The van der Waals surface area contributed by atoms with Gasteiger partial charge in [0.25, 0.3) is 10.0 Å². The molecule has 1 aromatic heterocycles. The van der Waals surface area contributed by atoms with E-state index in [1.807, 2.05) is 6.26 Å². The van der Waals surface area contributed by atoms with Crippen molar-refractivity contribution in [1.29, 1.82) is 0 Å². The van der Waals surface area contributed by atoms with Crippen LogP contribution in [0.2, 0.25) is 9.36 Å². The molecule has 2 N–H and O–H groups in total. The topological polar surface area (TPSA) is 124 Å². The van der Waals surface area contributed by atoms with Crippen LogP contribution < -0.4 is 9.62 Å². The zero-order valence-corrected chi connectivity index (χ0v) is 30.7. The number of hydrogen-bond donors (Lipinski definition) is 2. The van der Waals surface area contributed by atoms with Crippen molar-refractivity contribution in [3.05, 3.63) is 38.1 Å². The minimum Gasteiger partial charge on any atom is -0.480 e. The summed E-state index contributed by atoms with van der Waals surface area (Å²) in [5.41, 5.74) is 0.778. The Hall–Kier alpha value is -0.580. The number of carbonyl (C=O) groups is 1. The van der Waals surface area contributed by atoms with E-state index in [4.69, 9.17) is 23.2 Å². The highest BCUT2D eigenvalue weighted by Gasteiger charge is 2.32. The van der Waals surface area contributed by atoms with E-state index in [1.54, 1.807) is 16.4 Å². The molecule has 0 aliphatic carbocycles. The number of anilines is 1. The van der Waals surface area contributed by atoms with Crippen LogP contribution in [0.15, 0.2) is 37.8 Å². The normalized spacial score (nSPS) is 18.5. The van der Waals surface area contributed by atoms with Crippen molar-refractivity contribution in [3.8, 4) is 0 Å². The van der Waals surface area contributed by atoms with Crippen molar-refractivity contribution in [2.45, 2.75) is 66.5 Å². The largest absolute Gasteiger partial charge is 0.480 e. The number of nitrogens with one attached hydrogen (secondary N) is 1. The molecule has 0 spiro atoms. The van der Waals surface area contributed by atoms with E-state index in [1.165, 1.54) is 23.9 Å². The summed E-state index contributed by atoms with van der Waals surface area (Å²) < 4.78 is 56.9. The third-order valence-corrected chi connectivity index (χ3v) is 15.6. The summed E-state index contributed by atoms with van der Waals surface area (Å²) in [5, 5.41) is 9.73. The molecule has 1 unspecified atom stereocenters. The number of carboxylic acids is 1. The molecule has 246 valence electrons. The van der Waals surface area contributed by atoms with E-state index in [-0.39, 0.29) is 15.5 Å². The smallest absolute Gasteiger partial charge is 0.321 e. The van der Waals surface area contributed by atoms with Gasteiger partial charge in [-0.3, -0.25) is 4.79 Å². The predicted octanol–water partition coefficient (Wildman–Crippen LogP) is 6.79. The molecule has 3 heterocycles. The average molecular weight is 792 g/mol. The second-order valence-electron chi connectivity index (χ2n) is 11.3. The average Bonchev–Trinajstić information content (AvgIpc) is 3.34. The van der Waals surface area contributed by atoms with Gasteiger partial charge in [-0.15, -0.1) is 11.3 Å². The fourth-order valence-electron chi connectivity index (χ4n) is 5.81. The lowest BCUT2D eigenvalue weighted by atomic mass is 9.87. The van der Waals surface area contributed by atoms with Gasteiger partial charge in [-0.1, -0.05) is 42.5 Å². The molecule has 9 nitrogen and oxygen atoms in total. The first-order chi connectivity index (χ1) is 20.8. The van der Waals surface area contributed by atoms with Gasteiger partial charge in [0.2, 0.25) is 10.0 Å². The van der Waals surface area contributed by atoms with Crippen molar-refractivity contribution < 1.29 is 26.7 Å². The molecule has 2 aromatic rings. The summed E-state index contributed by atoms with van der Waals surface area (Å²) in [6, 6.07) is 4.96. The lowest BCUT2D eigenvalue weighted by molar-refractivity contribution is -0.139. The zero-order chi connectivity index (χ0) is 32.1. The molecule has 2 fully saturated rings. The predicted molar refractivity (Wildman–Crippen MR) is 183 cm³/mol. The van der Waals surface area contributed by atoms with Crippen molar-refractivity contribution in [1.82, 2.24) is 9.03 Å². The number of thiophene rings is 1. The Balaban J connectivity index is 1.21. The van der Waals surface area contributed by atoms with Crippen LogP contribution in [0.1, 0.15) is 51.4 Å². The second kappa shape index (κ2) is 16.0. The van der Waals surface area contributed by atoms with Gasteiger partial charge in [-0.2, -0.15) is 20.8 Å². The molecule has 1 aromatic carbocycles. The molecular weight excluding hydrogens is 753 g/mol. The first-order valence-electron chi connectivity index (χ1n) is 14.6. The minimum atomic E-state index is -4.04. The van der Waals surface area contributed by atoms with Crippen LogP contribution in [0.5, 0.6) is 0 Å². The van der Waals surface area contributed by atoms with Gasteiger partial charge in [0.15, 0.2) is 0 Å². The quantitative estimate of drug-likeness (QED) is 0.215. The molecule has 1 atom stereocenters. The number of piperidine rings is 2. The molecule has 2 aliphatic rings. The number of carboxylic acid groups (broad SMARTS) is 1. The first-order valence-corrected chi connectivity index (χ1v) is 21.2. The maximum Gasteiger partial charge on any atom is 0.321 e. The number of sulfonamides is 2. The van der Waals surface area contributed by atoms with E-state index in [0.717, 1.165) is 75.1 Å². The molecule has 0 amide bonds. The van der Waals surface area contributed by atoms with Crippen molar-refractivity contribution >= 4 is 93.9 Å². The summed E-state index contributed by atoms with van der Waals surface area (Å²) in [7, 11) is -7.55. The molecule has 44 heavy (non-hydrogen) atoms. The Kier molecular flexibility index (Phi) is 13.2. The van der Waals surface area contributed by atoms with Crippen LogP contribution >= 0.6 is 62.2 Å². The maximum absolute atomic E-state index is 13.0. The lowest BCUT2D eigenvalue weighted by Crippen LogP contribution is -2.41. The Morgan fingerprint density at radius 2 is 1.68 bits per heavy atom. The van der Waals surface area contributed by atoms with Gasteiger partial charge in [0.05, 0.1) is 15.6 Å². The zero-order valence-electron chi connectivity index (χ0n) is 24.4. The highest BCUT2D eigenvalue weighted by molar-refractivity contribution is 9.10. The van der Waals surface area contributed by atoms with E-state index < -0.39 is 32.1 Å². The van der Waals surface area contributed by atoms with Crippen LogP contribution in [-0.4, -0.2) is 76.4 Å². The van der Waals surface area contributed by atoms with Crippen LogP contribution in [0.25, 0.3) is 0 Å². The van der Waals surface area contributed by atoms with Gasteiger partial charge >= 0.3 is 5.97 Å². The lowest BCUT2D eigenvalue weighted by Gasteiger charge is -2.35. The molecule has 0 saturated carbocycles. The second-order valence-corrected chi connectivity index (χ2v) is 19.1. The summed E-state index contributed by atoms with van der Waals surface area (Å²) in [6.45, 7) is 2.72. The van der Waals surface area contributed by atoms with E-state index in [0.29, 0.717) is 44.5 Å². The monoisotopic (exact) mass is 789 g/mol. The molecular formula is C28H38BrCl2N3O6S4. The Morgan fingerprint density at radius 3 is 2.20 bits per heavy atom. The molecule has 2 saturated heterocycles. The Morgan fingerprint density at radius 1 is 1.07 bits per heavy atom. The number of halogens is 3. The molecule has 2 aliphatic heterocycles. The van der Waals surface area contributed by atoms with Crippen molar-refractivity contribution in [2.24, 2.45) is 11.8 Å². The van der Waals surface area contributed by atoms with Gasteiger partial charge in [0.1, 0.15) is 14.6 Å². The molecule has 4 rings (SSSR count). The highest BCUT2D eigenvalue weighted by atomic mass is 79.9. The number of rotatable bonds is 14. The Labute approximate surface area is 287 Å². The fourth-order valence-corrected chi connectivity index (χ4v) is 11.8. The number of thioether (sulfide) groups is 1. The van der Waals surface area contributed by atoms with Crippen LogP contribution in [0.4, 0.5) is 5.69 Å². The fraction of sp³-hybridized carbons (Fsp3) is 0.607. The number of benzene rings is 1. The Bertz CT molecular complexity index is 1490. The summed E-state index contributed by atoms with van der Waals surface area (Å²) in [4.78, 5) is 13.6. The van der Waals surface area contributed by atoms with Gasteiger partial charge in [-0.05, 0) is 96.1 Å². The van der Waals surface area contributed by atoms with E-state index >= 15 is 0 Å². The third-order valence-electron chi connectivity index (χ3n) is 8.41. The molecule has 16 heteroatoms. The minimum absolute atomic E-state index is 0.0519. The van der Waals surface area contributed by atoms with Gasteiger partial charge in [0, 0.05) is 30.7 Å². The standard InChI is InChI=1S/C28H38BrCl2N3O6S4/c1-41-16-11-24(28(35)36)32-43(37,38)21-5-6-25(23(30)17-21)33-12-7-19(8-13-33)3-2-4-20-9-14-34(15-10-20)44(39,40)26-18-22(29)27(31)42-26/h5-6,17-20,24,32H,2-4,7-16H2,1H3,(H,35,36). The van der Waals surface area contributed by atoms with Crippen molar-refractivity contribution in [2.75, 3.05) is 43.1 Å². The summed E-state index contributed by atoms with van der Waals surface area (Å²) in [5.74, 6) is 0.440.